The van der Waals surface area contributed by atoms with Crippen LogP contribution in [0.15, 0.2) is 59.6 Å². The molecule has 1 aliphatic heterocycles. The van der Waals surface area contributed by atoms with E-state index < -0.39 is 0 Å². The van der Waals surface area contributed by atoms with Crippen molar-refractivity contribution >= 4 is 41.5 Å². The van der Waals surface area contributed by atoms with E-state index in [-0.39, 0.29) is 36.4 Å². The number of hydrogen-bond donors (Lipinski definition) is 2. The summed E-state index contributed by atoms with van der Waals surface area (Å²) in [6.45, 7) is 1.48. The number of benzene rings is 2. The third-order valence-electron chi connectivity index (χ3n) is 4.14. The van der Waals surface area contributed by atoms with E-state index in [2.05, 4.69) is 28.5 Å². The largest absolute Gasteiger partial charge is 0.370 e. The van der Waals surface area contributed by atoms with E-state index in [9.17, 15) is 4.79 Å². The predicted octanol–water partition coefficient (Wildman–Crippen LogP) is 2.34. The number of rotatable bonds is 5. The molecule has 0 radical (unpaired) electrons. The van der Waals surface area contributed by atoms with Gasteiger partial charge in [0, 0.05) is 18.8 Å². The highest BCUT2D eigenvalue weighted by atomic mass is 127. The van der Waals surface area contributed by atoms with E-state index in [0.717, 1.165) is 25.1 Å². The maximum absolute atomic E-state index is 12.3. The standard InChI is InChI=1S/C19H22N4O.HI/c20-19(21-12-10-15-6-2-1-3-7-15)22-14-18(24)23-13-11-16-8-4-5-9-17(16)23;/h1-9H,10-14H2,(H3,20,21,22);1H. The van der Waals surface area contributed by atoms with Crippen LogP contribution in [0.4, 0.5) is 5.69 Å². The number of halogens is 1. The first kappa shape index (κ1) is 19.2. The van der Waals surface area contributed by atoms with Crippen molar-refractivity contribution in [3.05, 3.63) is 65.7 Å². The van der Waals surface area contributed by atoms with Crippen molar-refractivity contribution in [2.75, 3.05) is 24.5 Å². The lowest BCUT2D eigenvalue weighted by atomic mass is 10.1. The number of carbonyl (C=O) groups excluding carboxylic acids is 1. The summed E-state index contributed by atoms with van der Waals surface area (Å²) in [6.07, 6.45) is 1.76. The smallest absolute Gasteiger partial charge is 0.248 e. The normalized spacial score (nSPS) is 13.1. The van der Waals surface area contributed by atoms with Crippen LogP contribution in [0.25, 0.3) is 0 Å². The molecule has 0 bridgehead atoms. The Hall–Kier alpha value is -2.09. The van der Waals surface area contributed by atoms with E-state index in [0.29, 0.717) is 12.5 Å². The molecule has 2 aromatic carbocycles. The third kappa shape index (κ3) is 5.19. The molecule has 5 nitrogen and oxygen atoms in total. The van der Waals surface area contributed by atoms with E-state index in [1.165, 1.54) is 11.1 Å². The van der Waals surface area contributed by atoms with Crippen LogP contribution in [0.5, 0.6) is 0 Å². The predicted molar refractivity (Wildman–Crippen MR) is 113 cm³/mol. The van der Waals surface area contributed by atoms with Gasteiger partial charge in [0.25, 0.3) is 0 Å². The van der Waals surface area contributed by atoms with Crippen LogP contribution >= 0.6 is 24.0 Å². The van der Waals surface area contributed by atoms with Crippen molar-refractivity contribution in [3.63, 3.8) is 0 Å². The minimum atomic E-state index is -0.0206. The second kappa shape index (κ2) is 9.41. The van der Waals surface area contributed by atoms with Crippen LogP contribution in [0.1, 0.15) is 11.1 Å². The van der Waals surface area contributed by atoms with Crippen LogP contribution < -0.4 is 16.0 Å². The molecule has 0 spiro atoms. The topological polar surface area (TPSA) is 70.7 Å². The van der Waals surface area contributed by atoms with E-state index in [1.807, 2.05) is 36.4 Å². The third-order valence-corrected chi connectivity index (χ3v) is 4.14. The van der Waals surface area contributed by atoms with E-state index in [1.54, 1.807) is 4.90 Å². The van der Waals surface area contributed by atoms with Crippen LogP contribution in [0.2, 0.25) is 0 Å². The molecule has 25 heavy (non-hydrogen) atoms. The van der Waals surface area contributed by atoms with Gasteiger partial charge in [-0.2, -0.15) is 0 Å². The van der Waals surface area contributed by atoms with Crippen molar-refractivity contribution < 1.29 is 4.79 Å². The summed E-state index contributed by atoms with van der Waals surface area (Å²) in [6, 6.07) is 18.2. The SMILES string of the molecule is I.NC(=NCC(=O)N1CCc2ccccc21)NCCc1ccccc1. The molecule has 6 heteroatoms. The molecular weight excluding hydrogens is 427 g/mol. The Morgan fingerprint density at radius 2 is 1.84 bits per heavy atom. The number of fused-ring (bicyclic) bond motifs is 1. The minimum absolute atomic E-state index is 0. The minimum Gasteiger partial charge on any atom is -0.370 e. The molecule has 0 saturated carbocycles. The molecule has 1 amide bonds. The van der Waals surface area contributed by atoms with Crippen LogP contribution in [0, 0.1) is 0 Å². The molecule has 2 aromatic rings. The van der Waals surface area contributed by atoms with Gasteiger partial charge in [-0.1, -0.05) is 48.5 Å². The molecule has 132 valence electrons. The lowest BCUT2D eigenvalue weighted by molar-refractivity contribution is -0.117. The van der Waals surface area contributed by atoms with Gasteiger partial charge in [0.1, 0.15) is 6.54 Å². The monoisotopic (exact) mass is 450 g/mol. The average molecular weight is 450 g/mol. The van der Waals surface area contributed by atoms with Crippen LogP contribution in [0.3, 0.4) is 0 Å². The van der Waals surface area contributed by atoms with Gasteiger partial charge in [-0.05, 0) is 30.0 Å². The zero-order chi connectivity index (χ0) is 16.8. The lowest BCUT2D eigenvalue weighted by Crippen LogP contribution is -2.36. The Bertz CT molecular complexity index is 733. The molecule has 3 N–H and O–H groups in total. The molecular formula is C19H23IN4O. The Kier molecular flexibility index (Phi) is 7.24. The summed E-state index contributed by atoms with van der Waals surface area (Å²) in [7, 11) is 0. The fourth-order valence-corrected chi connectivity index (χ4v) is 2.87. The highest BCUT2D eigenvalue weighted by Gasteiger charge is 2.23. The molecule has 0 saturated heterocycles. The summed E-state index contributed by atoms with van der Waals surface area (Å²) in [5.41, 5.74) is 9.29. The highest BCUT2D eigenvalue weighted by molar-refractivity contribution is 14.0. The number of anilines is 1. The number of hydrogen-bond acceptors (Lipinski definition) is 2. The molecule has 0 atom stereocenters. The number of nitrogens with zero attached hydrogens (tertiary/aromatic N) is 2. The number of nitrogens with one attached hydrogen (secondary N) is 1. The van der Waals surface area contributed by atoms with Gasteiger partial charge < -0.3 is 16.0 Å². The number of carbonyl (C=O) groups is 1. The molecule has 1 heterocycles. The van der Waals surface area contributed by atoms with Crippen molar-refractivity contribution in [2.24, 2.45) is 10.7 Å². The Morgan fingerprint density at radius 1 is 1.12 bits per heavy atom. The zero-order valence-corrected chi connectivity index (χ0v) is 16.4. The first-order chi connectivity index (χ1) is 11.7. The highest BCUT2D eigenvalue weighted by Crippen LogP contribution is 2.27. The van der Waals surface area contributed by atoms with Crippen LogP contribution in [-0.2, 0) is 17.6 Å². The van der Waals surface area contributed by atoms with Gasteiger partial charge in [-0.15, -0.1) is 24.0 Å². The average Bonchev–Trinajstić information content (AvgIpc) is 3.05. The molecule has 0 unspecified atom stereocenters. The fourth-order valence-electron chi connectivity index (χ4n) is 2.87. The number of para-hydroxylation sites is 1. The molecule has 3 rings (SSSR count). The van der Waals surface area contributed by atoms with Crippen molar-refractivity contribution in [3.8, 4) is 0 Å². The van der Waals surface area contributed by atoms with Gasteiger partial charge in [0.15, 0.2) is 5.96 Å². The summed E-state index contributed by atoms with van der Waals surface area (Å²) in [5, 5.41) is 3.05. The van der Waals surface area contributed by atoms with Crippen LogP contribution in [-0.4, -0.2) is 31.5 Å². The second-order valence-electron chi connectivity index (χ2n) is 5.79. The Labute approximate surface area is 165 Å². The van der Waals surface area contributed by atoms with Gasteiger partial charge in [-0.3, -0.25) is 4.79 Å². The number of nitrogens with two attached hydrogens (primary N) is 1. The number of amides is 1. The van der Waals surface area contributed by atoms with E-state index >= 15 is 0 Å². The summed E-state index contributed by atoms with van der Waals surface area (Å²) < 4.78 is 0. The lowest BCUT2D eigenvalue weighted by Gasteiger charge is -2.16. The van der Waals surface area contributed by atoms with Crippen molar-refractivity contribution in [1.82, 2.24) is 5.32 Å². The first-order valence-electron chi connectivity index (χ1n) is 8.20. The fraction of sp³-hybridized carbons (Fsp3) is 0.263. The summed E-state index contributed by atoms with van der Waals surface area (Å²) >= 11 is 0. The zero-order valence-electron chi connectivity index (χ0n) is 14.0. The first-order valence-corrected chi connectivity index (χ1v) is 8.20. The van der Waals surface area contributed by atoms with E-state index in [4.69, 9.17) is 5.73 Å². The summed E-state index contributed by atoms with van der Waals surface area (Å²) in [5.74, 6) is 0.291. The summed E-state index contributed by atoms with van der Waals surface area (Å²) in [4.78, 5) is 18.3. The van der Waals surface area contributed by atoms with Crippen molar-refractivity contribution in [2.45, 2.75) is 12.8 Å². The maximum atomic E-state index is 12.3. The molecule has 0 aliphatic carbocycles. The second-order valence-corrected chi connectivity index (χ2v) is 5.79. The van der Waals surface area contributed by atoms with Gasteiger partial charge in [-0.25, -0.2) is 4.99 Å². The van der Waals surface area contributed by atoms with Gasteiger partial charge in [0.05, 0.1) is 0 Å². The Morgan fingerprint density at radius 3 is 2.64 bits per heavy atom. The van der Waals surface area contributed by atoms with Crippen molar-refractivity contribution in [1.29, 1.82) is 0 Å². The van der Waals surface area contributed by atoms with Gasteiger partial charge >= 0.3 is 0 Å². The van der Waals surface area contributed by atoms with Gasteiger partial charge in [0.2, 0.25) is 5.91 Å². The number of guanidine groups is 1. The molecule has 1 aliphatic rings. The molecule has 0 fully saturated rings. The number of aliphatic imine (C=N–C) groups is 1. The molecule has 0 aromatic heterocycles. The maximum Gasteiger partial charge on any atom is 0.248 e. The Balaban J connectivity index is 0.00000225. The quantitative estimate of drug-likeness (QED) is 0.418.